The van der Waals surface area contributed by atoms with Crippen LogP contribution in [0.3, 0.4) is 0 Å². The maximum Gasteiger partial charge on any atom is 0.391 e. The molecule has 1 saturated carbocycles. The molecule has 1 fully saturated rings. The van der Waals surface area contributed by atoms with Gasteiger partial charge in [-0.05, 0) is 25.2 Å². The minimum Gasteiger partial charge on any atom is -0.362 e. The van der Waals surface area contributed by atoms with Crippen LogP contribution in [0.15, 0.2) is 4.99 Å². The smallest absolute Gasteiger partial charge is 0.362 e. The molecule has 0 aromatic heterocycles. The van der Waals surface area contributed by atoms with E-state index in [0.717, 1.165) is 12.3 Å². The first-order valence-corrected chi connectivity index (χ1v) is 7.88. The Hall–Kier alpha value is -0.390. The molecule has 1 aliphatic heterocycles. The van der Waals surface area contributed by atoms with E-state index in [1.807, 2.05) is 0 Å². The topological polar surface area (TPSA) is 24.4 Å². The number of nitrogens with zero attached hydrogens (tertiary/aromatic N) is 1. The normalized spacial score (nSPS) is 24.9. The summed E-state index contributed by atoms with van der Waals surface area (Å²) in [5.41, 5.74) is 0.321. The van der Waals surface area contributed by atoms with Crippen molar-refractivity contribution in [1.29, 1.82) is 0 Å². The van der Waals surface area contributed by atoms with Crippen LogP contribution in [0.5, 0.6) is 0 Å². The monoisotopic (exact) mass is 294 g/mol. The largest absolute Gasteiger partial charge is 0.391 e. The van der Waals surface area contributed by atoms with Gasteiger partial charge in [0.2, 0.25) is 0 Å². The second-order valence-corrected chi connectivity index (χ2v) is 6.80. The van der Waals surface area contributed by atoms with Gasteiger partial charge >= 0.3 is 6.18 Å². The maximum absolute atomic E-state index is 12.3. The highest BCUT2D eigenvalue weighted by molar-refractivity contribution is 8.13. The van der Waals surface area contributed by atoms with Crippen LogP contribution in [0.4, 0.5) is 13.2 Å². The average Bonchev–Trinajstić information content (AvgIpc) is 2.31. The molecule has 0 saturated heterocycles. The Morgan fingerprint density at radius 3 is 2.53 bits per heavy atom. The van der Waals surface area contributed by atoms with Gasteiger partial charge in [0.15, 0.2) is 5.17 Å². The van der Waals surface area contributed by atoms with E-state index in [0.29, 0.717) is 10.6 Å². The predicted molar refractivity (Wildman–Crippen MR) is 73.5 cm³/mol. The molecule has 1 heterocycles. The average molecular weight is 294 g/mol. The van der Waals surface area contributed by atoms with Gasteiger partial charge in [-0.1, -0.05) is 31.0 Å². The Labute approximate surface area is 116 Å². The van der Waals surface area contributed by atoms with Gasteiger partial charge in [-0.25, -0.2) is 0 Å². The molecular weight excluding hydrogens is 273 g/mol. The Kier molecular flexibility index (Phi) is 4.69. The van der Waals surface area contributed by atoms with E-state index in [-0.39, 0.29) is 0 Å². The van der Waals surface area contributed by atoms with Gasteiger partial charge in [0, 0.05) is 18.3 Å². The third kappa shape index (κ3) is 4.58. The lowest BCUT2D eigenvalue weighted by atomic mass is 9.75. The fraction of sp³-hybridized carbons (Fsp3) is 0.923. The first-order valence-electron chi connectivity index (χ1n) is 6.89. The van der Waals surface area contributed by atoms with Crippen molar-refractivity contribution in [3.8, 4) is 0 Å². The van der Waals surface area contributed by atoms with Crippen LogP contribution in [0.1, 0.15) is 45.4 Å². The summed E-state index contributed by atoms with van der Waals surface area (Å²) in [6.45, 7) is 2.34. The van der Waals surface area contributed by atoms with Crippen LogP contribution in [-0.2, 0) is 0 Å². The van der Waals surface area contributed by atoms with E-state index in [9.17, 15) is 13.2 Å². The van der Waals surface area contributed by atoms with Crippen molar-refractivity contribution in [3.05, 3.63) is 0 Å². The minimum absolute atomic E-state index is 0.321. The number of nitrogens with one attached hydrogen (secondary N) is 1. The number of aliphatic imine (C=N–C) groups is 1. The highest BCUT2D eigenvalue weighted by Gasteiger charge is 2.36. The number of thioether (sulfide) groups is 1. The Balaban J connectivity index is 1.83. The Bertz CT molecular complexity index is 335. The van der Waals surface area contributed by atoms with E-state index in [4.69, 9.17) is 0 Å². The molecule has 1 unspecified atom stereocenters. The van der Waals surface area contributed by atoms with Crippen LogP contribution >= 0.6 is 11.8 Å². The molecule has 6 heteroatoms. The molecular formula is C13H21F3N2S. The summed E-state index contributed by atoms with van der Waals surface area (Å²) in [5.74, 6) is 0.998. The van der Waals surface area contributed by atoms with E-state index in [1.54, 1.807) is 18.7 Å². The maximum atomic E-state index is 12.3. The Morgan fingerprint density at radius 2 is 2.00 bits per heavy atom. The third-order valence-corrected chi connectivity index (χ3v) is 5.17. The Morgan fingerprint density at radius 1 is 1.32 bits per heavy atom. The van der Waals surface area contributed by atoms with E-state index in [2.05, 4.69) is 10.3 Å². The summed E-state index contributed by atoms with van der Waals surface area (Å²) in [4.78, 5) is 4.48. The second kappa shape index (κ2) is 5.94. The van der Waals surface area contributed by atoms with Crippen molar-refractivity contribution in [2.75, 3.05) is 12.3 Å². The van der Waals surface area contributed by atoms with E-state index < -0.39 is 18.6 Å². The van der Waals surface area contributed by atoms with Gasteiger partial charge in [0.05, 0.1) is 6.42 Å². The van der Waals surface area contributed by atoms with Crippen molar-refractivity contribution in [2.24, 2.45) is 10.4 Å². The zero-order chi connectivity index (χ0) is 13.9. The standard InChI is InChI=1S/C13H21F3N2S/c1-10(7-13(14,15)16)18-11-17-8-12(9-19-11)5-3-2-4-6-12/h10H,2-9H2,1H3,(H,17,18). The van der Waals surface area contributed by atoms with Gasteiger partial charge in [-0.15, -0.1) is 0 Å². The van der Waals surface area contributed by atoms with Crippen molar-refractivity contribution >= 4 is 16.9 Å². The lowest BCUT2D eigenvalue weighted by molar-refractivity contribution is -0.138. The summed E-state index contributed by atoms with van der Waals surface area (Å²) >= 11 is 1.59. The number of alkyl halides is 3. The van der Waals surface area contributed by atoms with Crippen molar-refractivity contribution in [1.82, 2.24) is 5.32 Å². The fourth-order valence-corrected chi connectivity index (χ4v) is 4.12. The van der Waals surface area contributed by atoms with Gasteiger partial charge in [-0.3, -0.25) is 4.99 Å². The number of amidine groups is 1. The summed E-state index contributed by atoms with van der Waals surface area (Å²) < 4.78 is 36.8. The van der Waals surface area contributed by atoms with Crippen molar-refractivity contribution < 1.29 is 13.2 Å². The van der Waals surface area contributed by atoms with Gasteiger partial charge in [0.25, 0.3) is 0 Å². The van der Waals surface area contributed by atoms with Crippen LogP contribution in [0.2, 0.25) is 0 Å². The van der Waals surface area contributed by atoms with Crippen LogP contribution < -0.4 is 5.32 Å². The highest BCUT2D eigenvalue weighted by atomic mass is 32.2. The summed E-state index contributed by atoms with van der Waals surface area (Å²) in [5, 5.41) is 3.58. The number of rotatable bonds is 2. The molecule has 2 nitrogen and oxygen atoms in total. The minimum atomic E-state index is -4.11. The summed E-state index contributed by atoms with van der Waals surface area (Å²) in [7, 11) is 0. The predicted octanol–water partition coefficient (Wildman–Crippen LogP) is 3.97. The van der Waals surface area contributed by atoms with Gasteiger partial charge in [-0.2, -0.15) is 13.2 Å². The highest BCUT2D eigenvalue weighted by Crippen LogP contribution is 2.41. The van der Waals surface area contributed by atoms with Crippen LogP contribution in [-0.4, -0.2) is 29.7 Å². The molecule has 0 radical (unpaired) electrons. The number of halogens is 3. The van der Waals surface area contributed by atoms with E-state index >= 15 is 0 Å². The quantitative estimate of drug-likeness (QED) is 0.833. The molecule has 1 spiro atoms. The summed E-state index contributed by atoms with van der Waals surface area (Å²) in [6.07, 6.45) is 1.36. The molecule has 1 aliphatic carbocycles. The molecule has 2 rings (SSSR count). The molecule has 0 aromatic rings. The fourth-order valence-electron chi connectivity index (χ4n) is 2.85. The van der Waals surface area contributed by atoms with Gasteiger partial charge < -0.3 is 5.32 Å². The van der Waals surface area contributed by atoms with Gasteiger partial charge in [0.1, 0.15) is 0 Å². The van der Waals surface area contributed by atoms with Crippen LogP contribution in [0.25, 0.3) is 0 Å². The molecule has 110 valence electrons. The molecule has 19 heavy (non-hydrogen) atoms. The lowest BCUT2D eigenvalue weighted by Gasteiger charge is -2.38. The number of hydrogen-bond acceptors (Lipinski definition) is 3. The van der Waals surface area contributed by atoms with E-state index in [1.165, 1.54) is 32.1 Å². The molecule has 0 aromatic carbocycles. The lowest BCUT2D eigenvalue weighted by Crippen LogP contribution is -2.40. The summed E-state index contributed by atoms with van der Waals surface area (Å²) in [6, 6.07) is -0.605. The van der Waals surface area contributed by atoms with Crippen molar-refractivity contribution in [3.63, 3.8) is 0 Å². The first kappa shape index (κ1) is 15.0. The molecule has 1 atom stereocenters. The first-order chi connectivity index (χ1) is 8.89. The molecule has 0 amide bonds. The molecule has 2 aliphatic rings. The second-order valence-electron chi connectivity index (χ2n) is 5.84. The SMILES string of the molecule is CC(CC(F)(F)F)NC1=NCC2(CCCCC2)CS1. The van der Waals surface area contributed by atoms with Crippen LogP contribution in [0, 0.1) is 5.41 Å². The molecule has 1 N–H and O–H groups in total. The zero-order valence-corrected chi connectivity index (χ0v) is 12.0. The third-order valence-electron chi connectivity index (χ3n) is 3.89. The zero-order valence-electron chi connectivity index (χ0n) is 11.2. The number of hydrogen-bond donors (Lipinski definition) is 1. The van der Waals surface area contributed by atoms with Crippen molar-refractivity contribution in [2.45, 2.75) is 57.7 Å². The molecule has 0 bridgehead atoms.